The molecule has 0 aliphatic rings. The smallest absolute Gasteiger partial charge is 0.340 e. The zero-order valence-electron chi connectivity index (χ0n) is 15.2. The van der Waals surface area contributed by atoms with E-state index < -0.39 is 11.9 Å². The van der Waals surface area contributed by atoms with E-state index in [2.05, 4.69) is 10.4 Å². The minimum Gasteiger partial charge on any atom is -0.465 e. The Bertz CT molecular complexity index is 1090. The molecule has 0 fully saturated rings. The maximum absolute atomic E-state index is 12.6. The third-order valence-electron chi connectivity index (χ3n) is 3.82. The van der Waals surface area contributed by atoms with Crippen LogP contribution in [0.3, 0.4) is 0 Å². The molecular weight excluding hydrogens is 376 g/mol. The zero-order valence-corrected chi connectivity index (χ0v) is 16.0. The first-order valence-electron chi connectivity index (χ1n) is 8.21. The molecule has 1 N–H and O–H groups in total. The molecular formula is C20H16N4O3S. The van der Waals surface area contributed by atoms with Crippen LogP contribution in [0.4, 0.5) is 5.00 Å². The highest BCUT2D eigenvalue weighted by molar-refractivity contribution is 7.20. The molecule has 0 aliphatic heterocycles. The molecule has 0 radical (unpaired) electrons. The predicted octanol–water partition coefficient (Wildman–Crippen LogP) is 3.48. The van der Waals surface area contributed by atoms with Gasteiger partial charge in [0.1, 0.15) is 16.6 Å². The molecule has 8 heteroatoms. The van der Waals surface area contributed by atoms with Gasteiger partial charge in [-0.2, -0.15) is 10.4 Å². The molecule has 0 saturated heterocycles. The Hall–Kier alpha value is -3.70. The van der Waals surface area contributed by atoms with Crippen LogP contribution in [0.25, 0.3) is 16.5 Å². The number of nitrogens with one attached hydrogen (secondary N) is 1. The Kier molecular flexibility index (Phi) is 5.67. The molecule has 0 aliphatic carbocycles. The number of ether oxygens (including phenoxy) is 1. The fourth-order valence-corrected chi connectivity index (χ4v) is 3.54. The first-order valence-corrected chi connectivity index (χ1v) is 9.03. The van der Waals surface area contributed by atoms with Gasteiger partial charge in [0, 0.05) is 23.7 Å². The quantitative estimate of drug-likeness (QED) is 0.407. The van der Waals surface area contributed by atoms with Crippen LogP contribution >= 0.6 is 11.3 Å². The van der Waals surface area contributed by atoms with E-state index in [9.17, 15) is 14.9 Å². The van der Waals surface area contributed by atoms with Crippen LogP contribution < -0.4 is 5.32 Å². The maximum Gasteiger partial charge on any atom is 0.340 e. The molecule has 1 amide bonds. The lowest BCUT2D eigenvalue weighted by Crippen LogP contribution is -2.15. The van der Waals surface area contributed by atoms with Gasteiger partial charge in [-0.25, -0.2) is 4.79 Å². The van der Waals surface area contributed by atoms with Crippen molar-refractivity contribution in [3.8, 4) is 16.5 Å². The van der Waals surface area contributed by atoms with E-state index in [0.29, 0.717) is 10.6 Å². The summed E-state index contributed by atoms with van der Waals surface area (Å²) in [5, 5.41) is 16.3. The largest absolute Gasteiger partial charge is 0.465 e. The molecule has 0 bridgehead atoms. The number of hydrogen-bond acceptors (Lipinski definition) is 6. The molecule has 3 aromatic rings. The number of carbonyl (C=O) groups excluding carboxylic acids is 2. The summed E-state index contributed by atoms with van der Waals surface area (Å²) in [4.78, 5) is 25.5. The Morgan fingerprint density at radius 3 is 2.68 bits per heavy atom. The number of rotatable bonds is 5. The molecule has 0 spiro atoms. The third kappa shape index (κ3) is 4.16. The van der Waals surface area contributed by atoms with E-state index in [1.807, 2.05) is 36.4 Å². The van der Waals surface area contributed by atoms with Gasteiger partial charge in [0.25, 0.3) is 5.91 Å². The summed E-state index contributed by atoms with van der Waals surface area (Å²) >= 11 is 1.24. The van der Waals surface area contributed by atoms with Crippen molar-refractivity contribution in [2.24, 2.45) is 7.05 Å². The molecule has 2 aromatic heterocycles. The van der Waals surface area contributed by atoms with Gasteiger partial charge >= 0.3 is 5.97 Å². The number of esters is 1. The third-order valence-corrected chi connectivity index (χ3v) is 4.92. The van der Waals surface area contributed by atoms with Crippen molar-refractivity contribution in [3.63, 3.8) is 0 Å². The lowest BCUT2D eigenvalue weighted by Gasteiger charge is -2.04. The second-order valence-corrected chi connectivity index (χ2v) is 6.83. The first-order chi connectivity index (χ1) is 13.5. The second kappa shape index (κ2) is 8.33. The molecule has 0 unspecified atom stereocenters. The number of hydrogen-bond donors (Lipinski definition) is 1. The Morgan fingerprint density at radius 2 is 2.07 bits per heavy atom. The summed E-state index contributed by atoms with van der Waals surface area (Å²) in [6, 6.07) is 13.0. The van der Waals surface area contributed by atoms with Crippen LogP contribution in [0.5, 0.6) is 0 Å². The summed E-state index contributed by atoms with van der Waals surface area (Å²) in [7, 11) is 3.01. The van der Waals surface area contributed by atoms with Gasteiger partial charge in [-0.3, -0.25) is 9.48 Å². The highest BCUT2D eigenvalue weighted by atomic mass is 32.1. The number of methoxy groups -OCH3 is 1. The molecule has 0 atom stereocenters. The van der Waals surface area contributed by atoms with Gasteiger partial charge in [-0.05, 0) is 17.7 Å². The molecule has 1 aromatic carbocycles. The van der Waals surface area contributed by atoms with E-state index in [-0.39, 0.29) is 11.1 Å². The average molecular weight is 392 g/mol. The van der Waals surface area contributed by atoms with E-state index in [1.165, 1.54) is 24.5 Å². The number of carbonyl (C=O) groups is 2. The van der Waals surface area contributed by atoms with Gasteiger partial charge in [0.2, 0.25) is 0 Å². The molecule has 28 heavy (non-hydrogen) atoms. The van der Waals surface area contributed by atoms with Gasteiger partial charge in [0.15, 0.2) is 0 Å². The van der Waals surface area contributed by atoms with Crippen molar-refractivity contribution >= 4 is 34.3 Å². The monoisotopic (exact) mass is 392 g/mol. The number of benzene rings is 1. The van der Waals surface area contributed by atoms with Crippen LogP contribution in [-0.2, 0) is 16.6 Å². The Morgan fingerprint density at radius 1 is 1.32 bits per heavy atom. The normalized spacial score (nSPS) is 11.0. The van der Waals surface area contributed by atoms with Gasteiger partial charge in [-0.1, -0.05) is 30.3 Å². The number of nitrogens with zero attached hydrogens (tertiary/aromatic N) is 3. The first kappa shape index (κ1) is 19.1. The number of anilines is 1. The number of aryl methyl sites for hydroxylation is 1. The standard InChI is InChI=1S/C20H16N4O3S/c1-24-12-13(11-22-24)8-15(10-21)18(25)23-19-16(20(26)27-2)9-17(28-19)14-6-4-3-5-7-14/h3-9,11-12H,1-2H3,(H,23,25)/b15-8+. The molecule has 140 valence electrons. The SMILES string of the molecule is COC(=O)c1cc(-c2ccccc2)sc1NC(=O)/C(C#N)=C/c1cnn(C)c1. The molecule has 0 saturated carbocycles. The minimum atomic E-state index is -0.613. The van der Waals surface area contributed by atoms with Crippen LogP contribution in [0.15, 0.2) is 54.4 Å². The van der Waals surface area contributed by atoms with E-state index in [1.54, 1.807) is 30.2 Å². The average Bonchev–Trinajstić information content (AvgIpc) is 3.32. The van der Waals surface area contributed by atoms with Crippen LogP contribution in [-0.4, -0.2) is 28.8 Å². The minimum absolute atomic E-state index is 0.0986. The van der Waals surface area contributed by atoms with Crippen molar-refractivity contribution in [1.82, 2.24) is 9.78 Å². The van der Waals surface area contributed by atoms with Crippen molar-refractivity contribution in [3.05, 3.63) is 65.5 Å². The van der Waals surface area contributed by atoms with E-state index >= 15 is 0 Å². The Labute approximate surface area is 165 Å². The van der Waals surface area contributed by atoms with Gasteiger partial charge in [0.05, 0.1) is 18.9 Å². The lowest BCUT2D eigenvalue weighted by molar-refractivity contribution is -0.112. The number of aromatic nitrogens is 2. The summed E-state index contributed by atoms with van der Waals surface area (Å²) in [6.07, 6.45) is 4.66. The fraction of sp³-hybridized carbons (Fsp3) is 0.100. The summed E-state index contributed by atoms with van der Waals surface area (Å²) in [6.45, 7) is 0. The number of nitriles is 1. The van der Waals surface area contributed by atoms with Gasteiger partial charge < -0.3 is 10.1 Å². The summed E-state index contributed by atoms with van der Waals surface area (Å²) < 4.78 is 6.39. The van der Waals surface area contributed by atoms with Crippen LogP contribution in [0.2, 0.25) is 0 Å². The van der Waals surface area contributed by atoms with Crippen molar-refractivity contribution < 1.29 is 14.3 Å². The topological polar surface area (TPSA) is 97.0 Å². The van der Waals surface area contributed by atoms with Crippen molar-refractivity contribution in [2.45, 2.75) is 0 Å². The van der Waals surface area contributed by atoms with Crippen LogP contribution in [0.1, 0.15) is 15.9 Å². The maximum atomic E-state index is 12.6. The van der Waals surface area contributed by atoms with Crippen molar-refractivity contribution in [2.75, 3.05) is 12.4 Å². The van der Waals surface area contributed by atoms with E-state index in [0.717, 1.165) is 10.4 Å². The van der Waals surface area contributed by atoms with E-state index in [4.69, 9.17) is 4.74 Å². The Balaban J connectivity index is 1.93. The number of amides is 1. The van der Waals surface area contributed by atoms with Crippen LogP contribution in [0, 0.1) is 11.3 Å². The van der Waals surface area contributed by atoms with Crippen molar-refractivity contribution in [1.29, 1.82) is 5.26 Å². The molecule has 2 heterocycles. The zero-order chi connectivity index (χ0) is 20.1. The fourth-order valence-electron chi connectivity index (χ4n) is 2.49. The molecule has 3 rings (SSSR count). The number of thiophene rings is 1. The summed E-state index contributed by atoms with van der Waals surface area (Å²) in [5.74, 6) is -1.18. The lowest BCUT2D eigenvalue weighted by atomic mass is 10.1. The predicted molar refractivity (Wildman–Crippen MR) is 107 cm³/mol. The summed E-state index contributed by atoms with van der Waals surface area (Å²) in [5.41, 5.74) is 1.67. The highest BCUT2D eigenvalue weighted by Crippen LogP contribution is 2.36. The second-order valence-electron chi connectivity index (χ2n) is 5.78. The van der Waals surface area contributed by atoms with Gasteiger partial charge in [-0.15, -0.1) is 11.3 Å². The molecule has 7 nitrogen and oxygen atoms in total. The highest BCUT2D eigenvalue weighted by Gasteiger charge is 2.20.